The van der Waals surface area contributed by atoms with Gasteiger partial charge in [0.15, 0.2) is 49.4 Å². The van der Waals surface area contributed by atoms with Gasteiger partial charge < -0.3 is 91.5 Å². The first-order valence-corrected chi connectivity index (χ1v) is 29.0. The van der Waals surface area contributed by atoms with Crippen molar-refractivity contribution in [1.82, 2.24) is 80.9 Å². The van der Waals surface area contributed by atoms with Crippen LogP contribution in [0.25, 0.3) is 0 Å². The van der Waals surface area contributed by atoms with Crippen LogP contribution in [0.1, 0.15) is 62.7 Å². The Labute approximate surface area is 520 Å². The second-order valence-electron chi connectivity index (χ2n) is 21.4. The summed E-state index contributed by atoms with van der Waals surface area (Å²) >= 11 is 0. The van der Waals surface area contributed by atoms with E-state index in [0.29, 0.717) is 26.2 Å². The summed E-state index contributed by atoms with van der Waals surface area (Å²) in [7, 11) is 4.82. The third kappa shape index (κ3) is 20.0. The van der Waals surface area contributed by atoms with Gasteiger partial charge in [-0.25, -0.2) is 0 Å². The molecule has 35 heteroatoms. The number of ether oxygens (including phenoxy) is 4. The number of amides is 8. The normalized spacial score (nSPS) is 19.9. The molecule has 12 heterocycles. The van der Waals surface area contributed by atoms with Crippen LogP contribution < -0.4 is 83.7 Å². The summed E-state index contributed by atoms with van der Waals surface area (Å²) in [4.78, 5) is 165. The van der Waals surface area contributed by atoms with Gasteiger partial charge in [0.2, 0.25) is 0 Å². The van der Waals surface area contributed by atoms with Crippen LogP contribution in [0.3, 0.4) is 0 Å². The second kappa shape index (κ2) is 33.5. The van der Waals surface area contributed by atoms with Crippen molar-refractivity contribution in [2.24, 2.45) is 7.05 Å². The summed E-state index contributed by atoms with van der Waals surface area (Å²) in [6.45, 7) is 4.47. The summed E-state index contributed by atoms with van der Waals surface area (Å²) in [6.07, 6.45) is 0. The van der Waals surface area contributed by atoms with Crippen molar-refractivity contribution in [1.29, 1.82) is 0 Å². The average Bonchev–Trinajstić information content (AvgIpc) is 1.67. The second-order valence-corrected chi connectivity index (χ2v) is 21.4. The number of hydrogen-bond acceptors (Lipinski definition) is 23. The monoisotopic (exact) mass is 1280 g/mol. The number of carbonyl (C=O) groups is 8. The Morgan fingerprint density at radius 3 is 1.08 bits per heavy atom. The molecule has 8 aliphatic heterocycles. The van der Waals surface area contributed by atoms with Crippen LogP contribution in [-0.2, 0) is 26.2 Å². The largest absolute Gasteiger partial charge is 0.478 e. The lowest BCUT2D eigenvalue weighted by atomic mass is 10.1. The van der Waals surface area contributed by atoms with Crippen molar-refractivity contribution in [3.05, 3.63) is 113 Å². The van der Waals surface area contributed by atoms with Crippen LogP contribution >= 0.6 is 0 Å². The molecule has 8 amide bonds. The van der Waals surface area contributed by atoms with E-state index in [4.69, 9.17) is 18.9 Å². The van der Waals surface area contributed by atoms with Crippen molar-refractivity contribution in [3.63, 3.8) is 0 Å². The highest BCUT2D eigenvalue weighted by molar-refractivity contribution is 5.94. The smallest absolute Gasteiger partial charge is 0.325 e. The summed E-state index contributed by atoms with van der Waals surface area (Å²) in [6, 6.07) is 7.30. The van der Waals surface area contributed by atoms with Gasteiger partial charge in [0.05, 0.1) is 0 Å². The predicted molar refractivity (Wildman–Crippen MR) is 320 cm³/mol. The average molecular weight is 1280 g/mol. The van der Waals surface area contributed by atoms with Gasteiger partial charge in [0.1, 0.15) is 22.8 Å². The Bertz CT molecular complexity index is 3430. The zero-order valence-corrected chi connectivity index (χ0v) is 51.2. The molecule has 3 unspecified atom stereocenters. The van der Waals surface area contributed by atoms with Gasteiger partial charge in [-0.1, -0.05) is 0 Å². The molecular weight excluding hydrogens is 1200 g/mol. The van der Waals surface area contributed by atoms with Crippen LogP contribution in [0.2, 0.25) is 0 Å². The minimum Gasteiger partial charge on any atom is -0.478 e. The molecular formula is C56H78N16O19. The highest BCUT2D eigenvalue weighted by Gasteiger charge is 2.29. The van der Waals surface area contributed by atoms with E-state index in [1.807, 2.05) is 9.80 Å². The van der Waals surface area contributed by atoms with Gasteiger partial charge in [-0.3, -0.25) is 67.3 Å². The van der Waals surface area contributed by atoms with Gasteiger partial charge in [0.25, 0.3) is 52.8 Å². The van der Waals surface area contributed by atoms with Crippen molar-refractivity contribution < 1.29 is 72.9 Å². The molecule has 4 aromatic rings. The number of carbonyl (C=O) groups excluding carboxylic acids is 8. The fraction of sp³-hybridized carbons (Fsp3) is 0.500. The number of hydrogen-bond donors (Lipinski definition) is 11. The number of pyridine rings is 4. The zero-order valence-electron chi connectivity index (χ0n) is 51.2. The maximum Gasteiger partial charge on any atom is 0.325 e. The summed E-state index contributed by atoms with van der Waals surface area (Å²) in [5, 5.41) is 53.9. The molecule has 0 saturated carbocycles. The molecule has 11 N–H and O–H groups in total. The summed E-state index contributed by atoms with van der Waals surface area (Å²) < 4.78 is 22.9. The number of aromatic nitrogens is 4. The lowest BCUT2D eigenvalue weighted by molar-refractivity contribution is -0.124. The molecule has 0 aromatic carbocycles. The van der Waals surface area contributed by atoms with Crippen molar-refractivity contribution >= 4 is 47.3 Å². The molecule has 8 aliphatic rings. The fourth-order valence-electron chi connectivity index (χ4n) is 9.27. The molecule has 12 rings (SSSR count). The third-order valence-corrected chi connectivity index (χ3v) is 14.8. The fourth-order valence-corrected chi connectivity index (χ4v) is 9.27. The first-order valence-electron chi connectivity index (χ1n) is 29.0. The van der Waals surface area contributed by atoms with E-state index >= 15 is 0 Å². The van der Waals surface area contributed by atoms with Crippen LogP contribution in [-0.4, -0.2) is 258 Å². The van der Waals surface area contributed by atoms with Crippen LogP contribution in [0.4, 0.5) is 0 Å². The molecule has 3 atom stereocenters. The number of likely N-dealkylation sites (N-methyl/N-ethyl adjacent to an activating group) is 2. The molecule has 0 saturated heterocycles. The highest BCUT2D eigenvalue weighted by Crippen LogP contribution is 2.14. The molecule has 0 fully saturated rings. The van der Waals surface area contributed by atoms with E-state index in [-0.39, 0.29) is 97.6 Å². The number of nitrogens with zero attached hydrogens (tertiary/aromatic N) is 8. The van der Waals surface area contributed by atoms with Crippen molar-refractivity contribution in [3.8, 4) is 23.0 Å². The Morgan fingerprint density at radius 2 is 0.725 bits per heavy atom. The van der Waals surface area contributed by atoms with Gasteiger partial charge in [-0.05, 0) is 83.4 Å². The van der Waals surface area contributed by atoms with E-state index in [1.165, 1.54) is 19.2 Å². The van der Waals surface area contributed by atoms with Crippen molar-refractivity contribution in [2.75, 3.05) is 139 Å². The van der Waals surface area contributed by atoms with Crippen LogP contribution in [0.5, 0.6) is 23.0 Å². The maximum atomic E-state index is 14.0. The lowest BCUT2D eigenvalue weighted by Crippen LogP contribution is -2.55. The zero-order chi connectivity index (χ0) is 66.5. The lowest BCUT2D eigenvalue weighted by Gasteiger charge is -2.38. The quantitative estimate of drug-likeness (QED) is 0.0852. The van der Waals surface area contributed by atoms with Gasteiger partial charge in [0, 0.05) is 123 Å². The minimum atomic E-state index is -1.15. The summed E-state index contributed by atoms with van der Waals surface area (Å²) in [5.74, 6) is -7.25. The Hall–Kier alpha value is -10.0. The van der Waals surface area contributed by atoms with E-state index in [2.05, 4.69) is 42.5 Å². The van der Waals surface area contributed by atoms with Gasteiger partial charge in [-0.2, -0.15) is 0 Å². The minimum absolute atomic E-state index is 0.00543. The molecule has 0 aliphatic carbocycles. The van der Waals surface area contributed by atoms with E-state index in [9.17, 15) is 73.2 Å². The molecule has 496 valence electrons. The Balaban J connectivity index is 1.27. The standard InChI is InChI=1S/C56H78N16O19/c1-34(68-26-19-61-49(77)38-8-12-42(54(82)70(38)85)89-31-46(74)59-17-24-66(5)25-18-60-47(75)32-90-43-13-9-39(71(86)55(43)83)50(78)62-20-27-68)29-69-28-21-63-51(79)40-10-14-44(56(84)72(40)87)91-33-48(76)58-16-23-65(4)22-15-57-45(73)30-88-41-11-7-37(67(6)53(41)81)52(80)64-35(2)36(69)3/h7-14,34-36,85-87H,15-33H2,1-6H3,(H,57,73)(H,58,76)(H,59,74)(H,60,75)(H,61,77)(H,62,78)(H,63,79)(H,64,80). The van der Waals surface area contributed by atoms with Crippen LogP contribution in [0.15, 0.2) is 67.7 Å². The van der Waals surface area contributed by atoms with E-state index < -0.39 is 148 Å². The first kappa shape index (κ1) is 70.1. The van der Waals surface area contributed by atoms with Crippen LogP contribution in [0, 0.1) is 0 Å². The van der Waals surface area contributed by atoms with E-state index in [1.54, 1.807) is 44.7 Å². The van der Waals surface area contributed by atoms with Gasteiger partial charge in [-0.15, -0.1) is 14.2 Å². The molecule has 35 nitrogen and oxygen atoms in total. The Kier molecular flexibility index (Phi) is 25.8. The predicted octanol–water partition coefficient (Wildman–Crippen LogP) is -5.76. The molecule has 0 radical (unpaired) electrons. The molecule has 91 heavy (non-hydrogen) atoms. The summed E-state index contributed by atoms with van der Waals surface area (Å²) in [5.41, 5.74) is -5.71. The number of rotatable bonds is 3. The SMILES string of the molecule is CC1NC(=O)c2ccc(c(=O)n2C)OCC(=O)NCCN(C)CCNC(=O)COc2ccc(n(O)c2=O)C(=O)NCCN(CC(C)N2CCNC(=O)c3ccc(c(=O)n3O)OCC(=O)NCCN(C)CCNC(=O)COc3ccc(n(O)c3=O)C(=O)NCC2)C1C. The third-order valence-electron chi connectivity index (χ3n) is 14.8. The Morgan fingerprint density at radius 1 is 0.418 bits per heavy atom. The molecule has 4 aromatic heterocycles. The topological polar surface area (TPSA) is 431 Å². The van der Waals surface area contributed by atoms with E-state index in [0.717, 1.165) is 41.0 Å². The molecule has 0 spiro atoms. The number of nitrogens with one attached hydrogen (secondary N) is 8. The van der Waals surface area contributed by atoms with Crippen molar-refractivity contribution in [2.45, 2.75) is 38.9 Å². The maximum absolute atomic E-state index is 14.0. The van der Waals surface area contributed by atoms with Gasteiger partial charge >= 0.3 is 16.7 Å². The highest BCUT2D eigenvalue weighted by atomic mass is 16.5. The molecule has 8 bridgehead atoms. The first-order chi connectivity index (χ1) is 43.3.